The maximum absolute atomic E-state index is 11.2. The van der Waals surface area contributed by atoms with Gasteiger partial charge in [-0.2, -0.15) is 0 Å². The lowest BCUT2D eigenvalue weighted by Gasteiger charge is -2.10. The Labute approximate surface area is 108 Å². The number of carboxylic acids is 1. The molecule has 0 atom stereocenters. The van der Waals surface area contributed by atoms with Crippen LogP contribution in [0.2, 0.25) is 0 Å². The van der Waals surface area contributed by atoms with E-state index in [1.54, 1.807) is 6.92 Å². The van der Waals surface area contributed by atoms with Crippen LogP contribution < -0.4 is 0 Å². The van der Waals surface area contributed by atoms with Crippen molar-refractivity contribution in [3.63, 3.8) is 0 Å². The zero-order valence-electron chi connectivity index (χ0n) is 9.27. The molecule has 0 spiro atoms. The number of aryl methyl sites for hydroxylation is 1. The predicted molar refractivity (Wildman–Crippen MR) is 71.3 cm³/mol. The number of halogens is 1. The molecular weight excluding hydrogens is 280 g/mol. The van der Waals surface area contributed by atoms with E-state index in [0.29, 0.717) is 10.0 Å². The van der Waals surface area contributed by atoms with E-state index in [4.69, 9.17) is 0 Å². The van der Waals surface area contributed by atoms with Gasteiger partial charge in [-0.1, -0.05) is 42.5 Å². The van der Waals surface area contributed by atoms with Crippen LogP contribution >= 0.6 is 15.9 Å². The molecule has 2 nitrogen and oxygen atoms in total. The third-order valence-electron chi connectivity index (χ3n) is 2.65. The van der Waals surface area contributed by atoms with Crippen molar-refractivity contribution in [2.24, 2.45) is 0 Å². The molecule has 0 aromatic heterocycles. The van der Waals surface area contributed by atoms with Gasteiger partial charge in [-0.3, -0.25) is 0 Å². The molecule has 0 saturated heterocycles. The summed E-state index contributed by atoms with van der Waals surface area (Å²) in [6.45, 7) is 1.79. The van der Waals surface area contributed by atoms with Crippen molar-refractivity contribution < 1.29 is 9.90 Å². The summed E-state index contributed by atoms with van der Waals surface area (Å²) in [5.41, 5.74) is 2.98. The van der Waals surface area contributed by atoms with Crippen LogP contribution in [0, 0.1) is 6.92 Å². The van der Waals surface area contributed by atoms with Crippen LogP contribution in [0.3, 0.4) is 0 Å². The Bertz CT molecular complexity index is 562. The Morgan fingerprint density at radius 1 is 1.12 bits per heavy atom. The molecule has 0 saturated carbocycles. The van der Waals surface area contributed by atoms with Gasteiger partial charge in [0.1, 0.15) is 0 Å². The van der Waals surface area contributed by atoms with Crippen LogP contribution in [-0.4, -0.2) is 11.1 Å². The average Bonchev–Trinajstić information content (AvgIpc) is 2.30. The molecule has 0 aliphatic heterocycles. The van der Waals surface area contributed by atoms with Crippen molar-refractivity contribution in [3.8, 4) is 11.1 Å². The molecule has 0 aliphatic carbocycles. The molecule has 17 heavy (non-hydrogen) atoms. The lowest BCUT2D eigenvalue weighted by molar-refractivity contribution is 0.0695. The Morgan fingerprint density at radius 2 is 1.76 bits per heavy atom. The van der Waals surface area contributed by atoms with Crippen molar-refractivity contribution >= 4 is 21.9 Å². The largest absolute Gasteiger partial charge is 0.478 e. The first kappa shape index (κ1) is 11.9. The SMILES string of the molecule is Cc1ccc(-c2ccccc2)c(Br)c1C(=O)O. The third kappa shape index (κ3) is 2.24. The Morgan fingerprint density at radius 3 is 2.35 bits per heavy atom. The van der Waals surface area contributed by atoms with Gasteiger partial charge in [0.2, 0.25) is 0 Å². The number of hydrogen-bond donors (Lipinski definition) is 1. The van der Waals surface area contributed by atoms with E-state index in [9.17, 15) is 9.90 Å². The molecule has 0 radical (unpaired) electrons. The van der Waals surface area contributed by atoms with E-state index in [0.717, 1.165) is 16.7 Å². The van der Waals surface area contributed by atoms with Gasteiger partial charge < -0.3 is 5.11 Å². The molecule has 86 valence electrons. The molecule has 3 heteroatoms. The van der Waals surface area contributed by atoms with Gasteiger partial charge in [0.25, 0.3) is 0 Å². The summed E-state index contributed by atoms with van der Waals surface area (Å²) in [7, 11) is 0. The predicted octanol–water partition coefficient (Wildman–Crippen LogP) is 4.12. The van der Waals surface area contributed by atoms with Crippen LogP contribution in [0.15, 0.2) is 46.9 Å². The van der Waals surface area contributed by atoms with Gasteiger partial charge in [0, 0.05) is 4.47 Å². The highest BCUT2D eigenvalue weighted by Gasteiger charge is 2.15. The number of benzene rings is 2. The van der Waals surface area contributed by atoms with E-state index in [1.165, 1.54) is 0 Å². The lowest BCUT2D eigenvalue weighted by Crippen LogP contribution is -2.02. The first-order chi connectivity index (χ1) is 8.11. The third-order valence-corrected chi connectivity index (χ3v) is 3.47. The second-order valence-electron chi connectivity index (χ2n) is 3.79. The van der Waals surface area contributed by atoms with Crippen molar-refractivity contribution in [1.82, 2.24) is 0 Å². The zero-order valence-corrected chi connectivity index (χ0v) is 10.9. The number of aromatic carboxylic acids is 1. The molecule has 0 fully saturated rings. The fourth-order valence-electron chi connectivity index (χ4n) is 1.78. The fourth-order valence-corrected chi connectivity index (χ4v) is 2.62. The number of rotatable bonds is 2. The van der Waals surface area contributed by atoms with Gasteiger partial charge in [0.15, 0.2) is 0 Å². The number of carbonyl (C=O) groups is 1. The van der Waals surface area contributed by atoms with E-state index < -0.39 is 5.97 Å². The molecule has 1 N–H and O–H groups in total. The van der Waals surface area contributed by atoms with Crippen LogP contribution in [0.5, 0.6) is 0 Å². The molecule has 0 amide bonds. The summed E-state index contributed by atoms with van der Waals surface area (Å²) >= 11 is 3.39. The van der Waals surface area contributed by atoms with Gasteiger partial charge in [-0.15, -0.1) is 0 Å². The summed E-state index contributed by atoms with van der Waals surface area (Å²) in [5.74, 6) is -0.910. The highest BCUT2D eigenvalue weighted by Crippen LogP contribution is 2.32. The van der Waals surface area contributed by atoms with Crippen LogP contribution in [0.4, 0.5) is 0 Å². The summed E-state index contributed by atoms with van der Waals surface area (Å²) in [6, 6.07) is 13.5. The van der Waals surface area contributed by atoms with Crippen LogP contribution in [0.25, 0.3) is 11.1 Å². The number of hydrogen-bond acceptors (Lipinski definition) is 1. The summed E-state index contributed by atoms with van der Waals surface area (Å²) < 4.78 is 0.635. The molecule has 0 unspecified atom stereocenters. The molecule has 2 aromatic rings. The average molecular weight is 291 g/mol. The van der Waals surface area contributed by atoms with E-state index in [1.807, 2.05) is 42.5 Å². The molecular formula is C14H11BrO2. The summed E-state index contributed by atoms with van der Waals surface area (Å²) in [4.78, 5) is 11.2. The Balaban J connectivity index is 2.66. The quantitative estimate of drug-likeness (QED) is 0.903. The van der Waals surface area contributed by atoms with Crippen molar-refractivity contribution in [2.75, 3.05) is 0 Å². The van der Waals surface area contributed by atoms with E-state index >= 15 is 0 Å². The fraction of sp³-hybridized carbons (Fsp3) is 0.0714. The molecule has 2 rings (SSSR count). The van der Waals surface area contributed by atoms with Crippen LogP contribution in [-0.2, 0) is 0 Å². The second-order valence-corrected chi connectivity index (χ2v) is 4.58. The summed E-state index contributed by atoms with van der Waals surface area (Å²) in [5, 5.41) is 9.19. The molecule has 0 heterocycles. The van der Waals surface area contributed by atoms with E-state index in [-0.39, 0.29) is 0 Å². The molecule has 0 aliphatic rings. The minimum atomic E-state index is -0.910. The van der Waals surface area contributed by atoms with Crippen molar-refractivity contribution in [1.29, 1.82) is 0 Å². The van der Waals surface area contributed by atoms with Crippen molar-refractivity contribution in [3.05, 3.63) is 58.1 Å². The maximum atomic E-state index is 11.2. The summed E-state index contributed by atoms with van der Waals surface area (Å²) in [6.07, 6.45) is 0. The Kier molecular flexibility index (Phi) is 3.29. The Hall–Kier alpha value is -1.61. The minimum Gasteiger partial charge on any atom is -0.478 e. The first-order valence-corrected chi connectivity index (χ1v) is 5.98. The molecule has 0 bridgehead atoms. The monoisotopic (exact) mass is 290 g/mol. The van der Waals surface area contributed by atoms with Crippen LogP contribution in [0.1, 0.15) is 15.9 Å². The molecule has 2 aromatic carbocycles. The number of carboxylic acid groups (broad SMARTS) is 1. The lowest BCUT2D eigenvalue weighted by atomic mass is 10.00. The van der Waals surface area contributed by atoms with Gasteiger partial charge >= 0.3 is 5.97 Å². The second kappa shape index (κ2) is 4.72. The standard InChI is InChI=1S/C14H11BrO2/c1-9-7-8-11(10-5-3-2-4-6-10)13(15)12(9)14(16)17/h2-8H,1H3,(H,16,17). The topological polar surface area (TPSA) is 37.3 Å². The highest BCUT2D eigenvalue weighted by molar-refractivity contribution is 9.10. The highest BCUT2D eigenvalue weighted by atomic mass is 79.9. The zero-order chi connectivity index (χ0) is 12.4. The van der Waals surface area contributed by atoms with Crippen molar-refractivity contribution in [2.45, 2.75) is 6.92 Å². The van der Waals surface area contributed by atoms with Gasteiger partial charge in [-0.05, 0) is 39.5 Å². The normalized spacial score (nSPS) is 10.2. The van der Waals surface area contributed by atoms with Gasteiger partial charge in [0.05, 0.1) is 5.56 Å². The maximum Gasteiger partial charge on any atom is 0.337 e. The first-order valence-electron chi connectivity index (χ1n) is 5.19. The smallest absolute Gasteiger partial charge is 0.337 e. The van der Waals surface area contributed by atoms with Gasteiger partial charge in [-0.25, -0.2) is 4.79 Å². The minimum absolute atomic E-state index is 0.325. The van der Waals surface area contributed by atoms with E-state index in [2.05, 4.69) is 15.9 Å².